The van der Waals surface area contributed by atoms with Crippen LogP contribution in [0.25, 0.3) is 0 Å². The molecule has 0 radical (unpaired) electrons. The zero-order valence-corrected chi connectivity index (χ0v) is 29.8. The number of hydrogen-bond donors (Lipinski definition) is 5. The molecular weight excluding hydrogens is 612 g/mol. The number of allylic oxidation sites excluding steroid dienone is 2. The lowest BCUT2D eigenvalue weighted by Gasteiger charge is -2.57. The largest absolute Gasteiger partial charge is 0.387 e. The minimum Gasteiger partial charge on any atom is -0.387 e. The Labute approximate surface area is 289 Å². The van der Waals surface area contributed by atoms with Gasteiger partial charge in [-0.2, -0.15) is 0 Å². The standard InChI is InChI=1S/C38H66N2O8/c1-3-5-6-7-8-9-10-11-12-13-14-15-16-17-30(35(44)39-38-24-27-21-28(25-38)23-29(22-27)26-38)40(18-20-47-19-4-2)36(45)34-32(42)31(41)33(43)37(46)48-34/h7-8,27-34,37,41-43,46H,3-6,9-26H2,1-2H3,(H,39,44)/b8-7-/t27?,28?,29?,30?,31-,32+,33?,34?,37-,38?/m1/s1. The van der Waals surface area contributed by atoms with Crippen molar-refractivity contribution in [3.8, 4) is 0 Å². The van der Waals surface area contributed by atoms with E-state index in [4.69, 9.17) is 9.47 Å². The first-order valence-corrected chi connectivity index (χ1v) is 19.4. The number of carbonyl (C=O) groups excluding carboxylic acids is 2. The summed E-state index contributed by atoms with van der Waals surface area (Å²) in [5, 5.41) is 44.9. The molecule has 1 saturated heterocycles. The van der Waals surface area contributed by atoms with Crippen LogP contribution in [0, 0.1) is 17.8 Å². The minimum atomic E-state index is -1.84. The van der Waals surface area contributed by atoms with Crippen molar-refractivity contribution in [3.63, 3.8) is 0 Å². The van der Waals surface area contributed by atoms with Crippen molar-refractivity contribution in [1.29, 1.82) is 0 Å². The molecule has 0 spiro atoms. The Morgan fingerprint density at radius 3 is 1.98 bits per heavy atom. The molecule has 5 aliphatic rings. The average Bonchev–Trinajstić information content (AvgIpc) is 3.05. The third kappa shape index (κ3) is 11.0. The predicted octanol–water partition coefficient (Wildman–Crippen LogP) is 4.75. The quantitative estimate of drug-likeness (QED) is 0.0814. The number of carbonyl (C=O) groups is 2. The second-order valence-corrected chi connectivity index (χ2v) is 15.4. The molecule has 4 aliphatic carbocycles. The highest BCUT2D eigenvalue weighted by Crippen LogP contribution is 2.55. The maximum Gasteiger partial charge on any atom is 0.255 e. The van der Waals surface area contributed by atoms with Gasteiger partial charge in [0, 0.05) is 18.7 Å². The van der Waals surface area contributed by atoms with Crippen LogP contribution in [-0.4, -0.2) is 99.2 Å². The fraction of sp³-hybridized carbons (Fsp3) is 0.895. The molecule has 4 saturated carbocycles. The van der Waals surface area contributed by atoms with Crippen LogP contribution in [0.1, 0.15) is 136 Å². The van der Waals surface area contributed by atoms with Crippen LogP contribution in [0.15, 0.2) is 12.2 Å². The van der Waals surface area contributed by atoms with Crippen LogP contribution in [0.3, 0.4) is 0 Å². The Bertz CT molecular complexity index is 972. The van der Waals surface area contributed by atoms with Gasteiger partial charge in [0.05, 0.1) is 6.61 Å². The fourth-order valence-corrected chi connectivity index (χ4v) is 9.14. The summed E-state index contributed by atoms with van der Waals surface area (Å²) in [6.45, 7) is 5.02. The van der Waals surface area contributed by atoms with Gasteiger partial charge in [0.1, 0.15) is 24.4 Å². The van der Waals surface area contributed by atoms with E-state index >= 15 is 0 Å². The van der Waals surface area contributed by atoms with Crippen molar-refractivity contribution in [1.82, 2.24) is 10.2 Å². The van der Waals surface area contributed by atoms with Gasteiger partial charge >= 0.3 is 0 Å². The molecule has 6 atom stereocenters. The third-order valence-electron chi connectivity index (χ3n) is 11.3. The van der Waals surface area contributed by atoms with E-state index in [1.165, 1.54) is 62.7 Å². The van der Waals surface area contributed by atoms with Crippen LogP contribution < -0.4 is 5.32 Å². The molecule has 276 valence electrons. The number of hydrogen-bond acceptors (Lipinski definition) is 8. The van der Waals surface area contributed by atoms with Gasteiger partial charge < -0.3 is 40.1 Å². The van der Waals surface area contributed by atoms with Crippen molar-refractivity contribution < 1.29 is 39.5 Å². The third-order valence-corrected chi connectivity index (χ3v) is 11.3. The number of aliphatic hydroxyl groups excluding tert-OH is 4. The molecule has 0 aromatic heterocycles. The second-order valence-electron chi connectivity index (χ2n) is 15.4. The van der Waals surface area contributed by atoms with Gasteiger partial charge in [-0.3, -0.25) is 9.59 Å². The van der Waals surface area contributed by atoms with E-state index in [0.717, 1.165) is 57.8 Å². The Morgan fingerprint density at radius 2 is 1.38 bits per heavy atom. The summed E-state index contributed by atoms with van der Waals surface area (Å²) in [4.78, 5) is 29.9. The summed E-state index contributed by atoms with van der Waals surface area (Å²) in [6, 6.07) is -0.813. The SMILES string of the molecule is CCCC/C=C\CCCCCCCCCC(C(=O)NC12CC3CC(CC(C3)C1)C2)N(CCOCCC)C(=O)C1O[C@@H](O)C(O)[C@H](O)[C@@H]1O. The van der Waals surface area contributed by atoms with Gasteiger partial charge in [-0.25, -0.2) is 0 Å². The van der Waals surface area contributed by atoms with Crippen LogP contribution in [0.4, 0.5) is 0 Å². The molecule has 5 N–H and O–H groups in total. The van der Waals surface area contributed by atoms with Gasteiger partial charge in [0.2, 0.25) is 5.91 Å². The Kier molecular flexibility index (Phi) is 16.1. The molecule has 10 nitrogen and oxygen atoms in total. The number of nitrogens with zero attached hydrogens (tertiary/aromatic N) is 1. The summed E-state index contributed by atoms with van der Waals surface area (Å²) in [7, 11) is 0. The van der Waals surface area contributed by atoms with Gasteiger partial charge in [-0.05, 0) is 88.4 Å². The second kappa shape index (κ2) is 19.7. The Balaban J connectivity index is 1.40. The van der Waals surface area contributed by atoms with Gasteiger partial charge in [0.25, 0.3) is 5.91 Å². The lowest BCUT2D eigenvalue weighted by atomic mass is 9.53. The van der Waals surface area contributed by atoms with Crippen molar-refractivity contribution in [2.45, 2.75) is 178 Å². The highest BCUT2D eigenvalue weighted by Gasteiger charge is 2.53. The first kappa shape index (κ1) is 39.2. The van der Waals surface area contributed by atoms with Crippen LogP contribution in [-0.2, 0) is 19.1 Å². The normalized spacial score (nSPS) is 33.3. The van der Waals surface area contributed by atoms with E-state index in [1.54, 1.807) is 0 Å². The number of unbranched alkanes of at least 4 members (excludes halogenated alkanes) is 9. The summed E-state index contributed by atoms with van der Waals surface area (Å²) < 4.78 is 11.1. The molecule has 1 aliphatic heterocycles. The van der Waals surface area contributed by atoms with Gasteiger partial charge in [0.15, 0.2) is 12.4 Å². The van der Waals surface area contributed by atoms with E-state index in [1.807, 2.05) is 6.92 Å². The molecule has 2 amide bonds. The molecule has 5 fully saturated rings. The summed E-state index contributed by atoms with van der Waals surface area (Å²) in [5.74, 6) is 1.06. The maximum atomic E-state index is 14.4. The number of ether oxygens (including phenoxy) is 2. The zero-order chi connectivity index (χ0) is 34.5. The van der Waals surface area contributed by atoms with Crippen molar-refractivity contribution in [3.05, 3.63) is 12.2 Å². The summed E-state index contributed by atoms with van der Waals surface area (Å²) in [6.07, 6.45) is 16.2. The van der Waals surface area contributed by atoms with Gasteiger partial charge in [-0.15, -0.1) is 0 Å². The molecule has 48 heavy (non-hydrogen) atoms. The topological polar surface area (TPSA) is 149 Å². The lowest BCUT2D eigenvalue weighted by molar-refractivity contribution is -0.278. The lowest BCUT2D eigenvalue weighted by Crippen LogP contribution is -2.66. The molecule has 1 heterocycles. The number of nitrogens with one attached hydrogen (secondary N) is 1. The highest BCUT2D eigenvalue weighted by atomic mass is 16.6. The van der Waals surface area contributed by atoms with Crippen molar-refractivity contribution in [2.75, 3.05) is 19.8 Å². The molecular formula is C38H66N2O8. The first-order chi connectivity index (χ1) is 23.2. The van der Waals surface area contributed by atoms with Gasteiger partial charge in [-0.1, -0.05) is 77.4 Å². The van der Waals surface area contributed by atoms with Crippen molar-refractivity contribution in [2.24, 2.45) is 17.8 Å². The van der Waals surface area contributed by atoms with E-state index in [2.05, 4.69) is 24.4 Å². The van der Waals surface area contributed by atoms with E-state index in [0.29, 0.717) is 30.8 Å². The molecule has 0 aromatic rings. The van der Waals surface area contributed by atoms with E-state index < -0.39 is 42.7 Å². The zero-order valence-electron chi connectivity index (χ0n) is 29.8. The van der Waals surface area contributed by atoms with Crippen LogP contribution >= 0.6 is 0 Å². The predicted molar refractivity (Wildman–Crippen MR) is 185 cm³/mol. The average molecular weight is 679 g/mol. The fourth-order valence-electron chi connectivity index (χ4n) is 9.14. The molecule has 0 aromatic carbocycles. The van der Waals surface area contributed by atoms with Crippen LogP contribution in [0.5, 0.6) is 0 Å². The highest BCUT2D eigenvalue weighted by molar-refractivity contribution is 5.90. The Hall–Kier alpha value is -1.56. The Morgan fingerprint density at radius 1 is 0.792 bits per heavy atom. The summed E-state index contributed by atoms with van der Waals surface area (Å²) in [5.41, 5.74) is -0.236. The maximum absolute atomic E-state index is 14.4. The van der Waals surface area contributed by atoms with Crippen molar-refractivity contribution >= 4 is 11.8 Å². The van der Waals surface area contributed by atoms with Crippen LogP contribution in [0.2, 0.25) is 0 Å². The number of aliphatic hydroxyl groups is 4. The number of amides is 2. The van der Waals surface area contributed by atoms with E-state index in [-0.39, 0.29) is 24.6 Å². The smallest absolute Gasteiger partial charge is 0.255 e. The summed E-state index contributed by atoms with van der Waals surface area (Å²) >= 11 is 0. The minimum absolute atomic E-state index is 0.103. The monoisotopic (exact) mass is 678 g/mol. The van der Waals surface area contributed by atoms with E-state index in [9.17, 15) is 30.0 Å². The number of rotatable bonds is 22. The molecule has 4 bridgehead atoms. The molecule has 3 unspecified atom stereocenters. The molecule has 10 heteroatoms. The molecule has 5 rings (SSSR count). The first-order valence-electron chi connectivity index (χ1n) is 19.4.